The van der Waals surface area contributed by atoms with Crippen molar-refractivity contribution in [3.8, 4) is 56.4 Å². The number of aromatic nitrogens is 6. The summed E-state index contributed by atoms with van der Waals surface area (Å²) in [7, 11) is 7.90. The van der Waals surface area contributed by atoms with Crippen LogP contribution >= 0.6 is 0 Å². The molecule has 0 bridgehead atoms. The summed E-state index contributed by atoms with van der Waals surface area (Å²) >= 11 is 0. The summed E-state index contributed by atoms with van der Waals surface area (Å²) in [5.41, 5.74) is 18.5. The van der Waals surface area contributed by atoms with Gasteiger partial charge >= 0.3 is 0 Å². The molecule has 1 aliphatic rings. The molecule has 17 nitrogen and oxygen atoms in total. The number of carbonyl (C=O) groups excluding carboxylic acids is 4. The summed E-state index contributed by atoms with van der Waals surface area (Å²) in [6.07, 6.45) is 4.24. The van der Waals surface area contributed by atoms with Crippen molar-refractivity contribution < 1.29 is 19.2 Å². The third-order valence-corrected chi connectivity index (χ3v) is 15.9. The number of aliphatic imine (C=N–C) groups is 1. The van der Waals surface area contributed by atoms with Crippen LogP contribution in [0.4, 0.5) is 5.69 Å². The molecule has 0 atom stereocenters. The third-order valence-electron chi connectivity index (χ3n) is 15.9. The topological polar surface area (TPSA) is 221 Å². The molecule has 442 valence electrons. The van der Waals surface area contributed by atoms with Crippen molar-refractivity contribution >= 4 is 68.1 Å². The Labute approximate surface area is 510 Å². The van der Waals surface area contributed by atoms with E-state index in [2.05, 4.69) is 90.8 Å². The highest BCUT2D eigenvalue weighted by atomic mass is 16.2. The van der Waals surface area contributed by atoms with Gasteiger partial charge in [0.25, 0.3) is 23.6 Å². The van der Waals surface area contributed by atoms with Gasteiger partial charge in [0.15, 0.2) is 0 Å². The van der Waals surface area contributed by atoms with Crippen LogP contribution in [0.15, 0.2) is 175 Å². The molecule has 0 radical (unpaired) electrons. The highest BCUT2D eigenvalue weighted by Crippen LogP contribution is 2.35. The SMILES string of the molecule is CN(C)CCNC(=O)c1ccc(-c2nc3cc(-c4ccc5c(c4)N=C(c4ccc(C(=O)NCCCCCCNC(=O)c6ccc(-c7nc8cc(-c9ccc%10[nH]c(-c%11ccc(C(=O)NCCN(C)C)cc%11)nc%10c9)ccc8[nH]7)cc6)cc4)C5)ccc3[nH]2)cc1. The number of nitrogens with one attached hydrogen (secondary N) is 7. The van der Waals surface area contributed by atoms with E-state index in [0.29, 0.717) is 60.7 Å². The van der Waals surface area contributed by atoms with Gasteiger partial charge in [0.1, 0.15) is 17.5 Å². The number of hydrogen-bond donors (Lipinski definition) is 7. The second-order valence-corrected chi connectivity index (χ2v) is 22.9. The Morgan fingerprint density at radius 1 is 0.375 bits per heavy atom. The molecule has 17 heteroatoms. The van der Waals surface area contributed by atoms with Crippen molar-refractivity contribution in [3.05, 3.63) is 203 Å². The lowest BCUT2D eigenvalue weighted by atomic mass is 9.99. The molecule has 0 unspecified atom stereocenters. The molecule has 0 aliphatic carbocycles. The Kier molecular flexibility index (Phi) is 17.2. The normalized spacial score (nSPS) is 12.0. The Bertz CT molecular complexity index is 4390. The number of benzene rings is 8. The van der Waals surface area contributed by atoms with Gasteiger partial charge in [0.05, 0.1) is 44.5 Å². The molecule has 4 amide bonds. The number of H-pyrrole nitrogens is 3. The van der Waals surface area contributed by atoms with Crippen LogP contribution in [-0.2, 0) is 6.42 Å². The van der Waals surface area contributed by atoms with Crippen molar-refractivity contribution in [3.63, 3.8) is 0 Å². The molecule has 7 N–H and O–H groups in total. The van der Waals surface area contributed by atoms with Crippen LogP contribution in [0.1, 0.15) is 78.2 Å². The summed E-state index contributed by atoms with van der Waals surface area (Å²) in [6.45, 7) is 3.85. The predicted octanol–water partition coefficient (Wildman–Crippen LogP) is 11.6. The van der Waals surface area contributed by atoms with Gasteiger partial charge in [-0.2, -0.15) is 0 Å². The summed E-state index contributed by atoms with van der Waals surface area (Å²) in [5.74, 6) is 1.76. The first-order valence-electron chi connectivity index (χ1n) is 29.9. The zero-order chi connectivity index (χ0) is 60.7. The Hall–Kier alpha value is -10.4. The van der Waals surface area contributed by atoms with Crippen molar-refractivity contribution in [2.24, 2.45) is 4.99 Å². The van der Waals surface area contributed by atoms with E-state index in [1.807, 2.05) is 153 Å². The Balaban J connectivity index is 0.561. The van der Waals surface area contributed by atoms with Crippen LogP contribution in [0.2, 0.25) is 0 Å². The summed E-state index contributed by atoms with van der Waals surface area (Å²) in [6, 6.07) is 55.0. The minimum Gasteiger partial charge on any atom is -0.352 e. The lowest BCUT2D eigenvalue weighted by molar-refractivity contribution is 0.0942. The lowest BCUT2D eigenvalue weighted by Gasteiger charge is -2.10. The second-order valence-electron chi connectivity index (χ2n) is 22.9. The van der Waals surface area contributed by atoms with Gasteiger partial charge < -0.3 is 46.0 Å². The zero-order valence-electron chi connectivity index (χ0n) is 49.8. The molecule has 12 rings (SSSR count). The Morgan fingerprint density at radius 2 is 0.693 bits per heavy atom. The highest BCUT2D eigenvalue weighted by Gasteiger charge is 2.20. The van der Waals surface area contributed by atoms with Gasteiger partial charge in [0, 0.05) is 84.6 Å². The van der Waals surface area contributed by atoms with Gasteiger partial charge in [-0.1, -0.05) is 91.7 Å². The van der Waals surface area contributed by atoms with Crippen molar-refractivity contribution in [2.75, 3.05) is 67.5 Å². The summed E-state index contributed by atoms with van der Waals surface area (Å²) in [4.78, 5) is 85.4. The molecule has 0 spiro atoms. The van der Waals surface area contributed by atoms with E-state index in [4.69, 9.17) is 19.9 Å². The van der Waals surface area contributed by atoms with Gasteiger partial charge in [-0.15, -0.1) is 0 Å². The molecular weight excluding hydrogens is 1100 g/mol. The molecule has 0 saturated heterocycles. The van der Waals surface area contributed by atoms with Gasteiger partial charge in [-0.3, -0.25) is 24.2 Å². The minimum atomic E-state index is -0.123. The molecule has 0 saturated carbocycles. The fourth-order valence-corrected chi connectivity index (χ4v) is 10.8. The number of unbranched alkanes of at least 4 members (excludes halogenated alkanes) is 3. The largest absolute Gasteiger partial charge is 0.352 e. The number of rotatable bonds is 23. The van der Waals surface area contributed by atoms with Crippen molar-refractivity contribution in [2.45, 2.75) is 32.1 Å². The first-order valence-corrected chi connectivity index (χ1v) is 29.9. The van der Waals surface area contributed by atoms with E-state index in [1.54, 1.807) is 0 Å². The van der Waals surface area contributed by atoms with Crippen molar-refractivity contribution in [1.29, 1.82) is 0 Å². The summed E-state index contributed by atoms with van der Waals surface area (Å²) in [5, 5.41) is 12.0. The van der Waals surface area contributed by atoms with Gasteiger partial charge in [0.2, 0.25) is 0 Å². The van der Waals surface area contributed by atoms with Crippen molar-refractivity contribution in [1.82, 2.24) is 61.0 Å². The van der Waals surface area contributed by atoms with E-state index in [1.165, 1.54) is 0 Å². The van der Waals surface area contributed by atoms with Crippen LogP contribution in [0.3, 0.4) is 0 Å². The number of imidazole rings is 3. The molecule has 1 aliphatic heterocycles. The fraction of sp³-hybridized carbons (Fsp3) is 0.211. The van der Waals surface area contributed by atoms with E-state index in [9.17, 15) is 19.2 Å². The number of likely N-dealkylation sites (N-methyl/N-ethyl adjacent to an activating group) is 2. The van der Waals surface area contributed by atoms with Crippen LogP contribution in [0, 0.1) is 0 Å². The highest BCUT2D eigenvalue weighted by molar-refractivity contribution is 6.07. The van der Waals surface area contributed by atoms with E-state index in [0.717, 1.165) is 145 Å². The number of carbonyl (C=O) groups is 4. The monoisotopic (exact) mass is 1170 g/mol. The molecule has 4 heterocycles. The average molecular weight is 1170 g/mol. The third kappa shape index (κ3) is 13.5. The number of fused-ring (bicyclic) bond motifs is 4. The van der Waals surface area contributed by atoms with Crippen LogP contribution in [0.5, 0.6) is 0 Å². The maximum Gasteiger partial charge on any atom is 0.251 e. The molecular formula is C71H69N13O4. The lowest BCUT2D eigenvalue weighted by Crippen LogP contribution is -2.31. The quantitative estimate of drug-likeness (QED) is 0.0302. The molecule has 11 aromatic rings. The maximum absolute atomic E-state index is 13.1. The predicted molar refractivity (Wildman–Crippen MR) is 350 cm³/mol. The number of amides is 4. The van der Waals surface area contributed by atoms with Gasteiger partial charge in [-0.05, 0) is 165 Å². The molecule has 88 heavy (non-hydrogen) atoms. The zero-order valence-corrected chi connectivity index (χ0v) is 49.8. The number of hydrogen-bond acceptors (Lipinski definition) is 10. The van der Waals surface area contributed by atoms with Gasteiger partial charge in [-0.25, -0.2) is 15.0 Å². The van der Waals surface area contributed by atoms with E-state index in [-0.39, 0.29) is 23.6 Å². The number of aromatic amines is 3. The first kappa shape index (κ1) is 58.0. The maximum atomic E-state index is 13.1. The standard InChI is InChI=1S/C71H69N13O4/c1-83(2)37-35-74-70(87)50-21-13-46(14-22-50)66-77-57-30-27-53(40-62(57)80-66)52-25-26-56-43-60(76-61(56)39-52)44-9-17-48(18-10-44)68(85)72-33-7-5-6-8-34-73-69(86)49-19-11-45(12-20-49)65-78-58-31-28-54(41-63(58)81-65)55-29-32-59-64(42-55)82-67(79-59)47-15-23-51(24-16-47)71(88)75-36-38-84(3)4/h9-32,39-42H,5-8,33-38,43H2,1-4H3,(H,72,85)(H,73,86)(H,74,87)(H,75,88)(H,77,80)(H,78,81)(H,79,82). The smallest absolute Gasteiger partial charge is 0.251 e. The van der Waals surface area contributed by atoms with E-state index < -0.39 is 0 Å². The molecule has 3 aromatic heterocycles. The first-order chi connectivity index (χ1) is 42.8. The average Bonchev–Trinajstić information content (AvgIpc) is 2.66. The van der Waals surface area contributed by atoms with Crippen LogP contribution < -0.4 is 21.3 Å². The molecule has 8 aromatic carbocycles. The Morgan fingerprint density at radius 3 is 1.06 bits per heavy atom. The minimum absolute atomic E-state index is 0.0948. The van der Waals surface area contributed by atoms with E-state index >= 15 is 0 Å². The van der Waals surface area contributed by atoms with Crippen LogP contribution in [-0.4, -0.2) is 137 Å². The summed E-state index contributed by atoms with van der Waals surface area (Å²) < 4.78 is 0. The second kappa shape index (κ2) is 26.1. The number of nitrogens with zero attached hydrogens (tertiary/aromatic N) is 6. The molecule has 0 fully saturated rings. The fourth-order valence-electron chi connectivity index (χ4n) is 10.8. The van der Waals surface area contributed by atoms with Crippen LogP contribution in [0.25, 0.3) is 89.5 Å².